The van der Waals surface area contributed by atoms with E-state index in [1.165, 1.54) is 4.90 Å². The van der Waals surface area contributed by atoms with Gasteiger partial charge in [0.2, 0.25) is 0 Å². The summed E-state index contributed by atoms with van der Waals surface area (Å²) in [6.45, 7) is 3.11. The van der Waals surface area contributed by atoms with Crippen LogP contribution in [0.2, 0.25) is 0 Å². The van der Waals surface area contributed by atoms with E-state index >= 15 is 0 Å². The number of rotatable bonds is 2. The first-order valence-corrected chi connectivity index (χ1v) is 7.06. The quantitative estimate of drug-likeness (QED) is 0.647. The summed E-state index contributed by atoms with van der Waals surface area (Å²) in [7, 11) is 2.06. The van der Waals surface area contributed by atoms with Crippen molar-refractivity contribution in [3.63, 3.8) is 0 Å². The fourth-order valence-corrected chi connectivity index (χ4v) is 2.95. The molecule has 0 aromatic rings. The van der Waals surface area contributed by atoms with Crippen molar-refractivity contribution >= 4 is 12.0 Å². The molecule has 7 heteroatoms. The second-order valence-corrected chi connectivity index (χ2v) is 5.90. The van der Waals surface area contributed by atoms with Gasteiger partial charge >= 0.3 is 12.0 Å². The second-order valence-electron chi connectivity index (χ2n) is 5.90. The number of urea groups is 1. The van der Waals surface area contributed by atoms with Crippen LogP contribution in [-0.2, 0) is 4.79 Å². The summed E-state index contributed by atoms with van der Waals surface area (Å²) in [4.78, 5) is 26.8. The van der Waals surface area contributed by atoms with Gasteiger partial charge in [0.15, 0.2) is 0 Å². The molecule has 3 N–H and O–H groups in total. The van der Waals surface area contributed by atoms with Crippen molar-refractivity contribution in [1.29, 1.82) is 0 Å². The van der Waals surface area contributed by atoms with E-state index in [2.05, 4.69) is 24.2 Å². The highest BCUT2D eigenvalue weighted by Crippen LogP contribution is 2.20. The molecule has 0 spiro atoms. The molecule has 0 aliphatic carbocycles. The predicted octanol–water partition coefficient (Wildman–Crippen LogP) is -0.301. The summed E-state index contributed by atoms with van der Waals surface area (Å²) in [6, 6.07) is -0.834. The van der Waals surface area contributed by atoms with Crippen molar-refractivity contribution < 1.29 is 19.8 Å². The summed E-state index contributed by atoms with van der Waals surface area (Å²) >= 11 is 0. The van der Waals surface area contributed by atoms with Gasteiger partial charge in [0, 0.05) is 31.6 Å². The minimum Gasteiger partial charge on any atom is -0.480 e. The Morgan fingerprint density at radius 3 is 2.60 bits per heavy atom. The van der Waals surface area contributed by atoms with Gasteiger partial charge in [-0.3, -0.25) is 0 Å². The van der Waals surface area contributed by atoms with Crippen LogP contribution in [0.4, 0.5) is 4.79 Å². The number of β-amino-alcohol motifs (C(OH)–C–C–N with tert-alkyl or cyclic N) is 1. The molecule has 0 radical (unpaired) electrons. The number of carbonyl (C=O) groups is 2. The average Bonchev–Trinajstić information content (AvgIpc) is 2.76. The molecule has 2 fully saturated rings. The van der Waals surface area contributed by atoms with Gasteiger partial charge in [0.1, 0.15) is 6.04 Å². The Kier molecular flexibility index (Phi) is 4.49. The van der Waals surface area contributed by atoms with E-state index in [1.807, 2.05) is 0 Å². The molecule has 2 unspecified atom stereocenters. The minimum absolute atomic E-state index is 0.0703. The van der Waals surface area contributed by atoms with Crippen LogP contribution in [0.1, 0.15) is 26.2 Å². The number of amides is 2. The van der Waals surface area contributed by atoms with Gasteiger partial charge in [0.05, 0.1) is 6.10 Å². The van der Waals surface area contributed by atoms with Crippen LogP contribution < -0.4 is 5.32 Å². The van der Waals surface area contributed by atoms with Gasteiger partial charge in [-0.25, -0.2) is 9.59 Å². The van der Waals surface area contributed by atoms with E-state index in [4.69, 9.17) is 5.11 Å². The molecule has 2 saturated heterocycles. The SMILES string of the molecule is CC1CC(NC(=O)N2C[C@@H](O)C[C@H]2C(=O)O)CCN1C. The zero-order valence-electron chi connectivity index (χ0n) is 12.0. The number of carbonyl (C=O) groups excluding carboxylic acids is 1. The van der Waals surface area contributed by atoms with Gasteiger partial charge in [-0.2, -0.15) is 0 Å². The normalized spacial score (nSPS) is 35.0. The Bertz CT molecular complexity index is 390. The van der Waals surface area contributed by atoms with Crippen molar-refractivity contribution in [2.45, 2.75) is 50.4 Å². The molecular formula is C13H23N3O4. The molecule has 0 aromatic carbocycles. The molecule has 4 atom stereocenters. The molecule has 2 amide bonds. The van der Waals surface area contributed by atoms with E-state index in [0.29, 0.717) is 6.04 Å². The van der Waals surface area contributed by atoms with Crippen molar-refractivity contribution in [1.82, 2.24) is 15.1 Å². The first-order valence-electron chi connectivity index (χ1n) is 7.06. The number of aliphatic hydroxyl groups excluding tert-OH is 1. The van der Waals surface area contributed by atoms with Gasteiger partial charge in [0.25, 0.3) is 0 Å². The number of hydrogen-bond donors (Lipinski definition) is 3. The molecule has 0 aromatic heterocycles. The third-order valence-corrected chi connectivity index (χ3v) is 4.36. The van der Waals surface area contributed by atoms with Crippen LogP contribution in [-0.4, -0.2) is 76.4 Å². The lowest BCUT2D eigenvalue weighted by Gasteiger charge is -2.36. The number of nitrogens with one attached hydrogen (secondary N) is 1. The lowest BCUT2D eigenvalue weighted by atomic mass is 9.99. The molecule has 0 bridgehead atoms. The van der Waals surface area contributed by atoms with Crippen molar-refractivity contribution in [3.8, 4) is 0 Å². The number of hydrogen-bond acceptors (Lipinski definition) is 4. The first kappa shape index (κ1) is 15.1. The van der Waals surface area contributed by atoms with Crippen LogP contribution in [0.5, 0.6) is 0 Å². The van der Waals surface area contributed by atoms with E-state index < -0.39 is 18.1 Å². The van der Waals surface area contributed by atoms with Gasteiger partial charge < -0.3 is 25.3 Å². The lowest BCUT2D eigenvalue weighted by molar-refractivity contribution is -0.141. The largest absolute Gasteiger partial charge is 0.480 e. The zero-order valence-corrected chi connectivity index (χ0v) is 12.0. The van der Waals surface area contributed by atoms with Crippen LogP contribution in [0.3, 0.4) is 0 Å². The average molecular weight is 285 g/mol. The highest BCUT2D eigenvalue weighted by Gasteiger charge is 2.39. The third-order valence-electron chi connectivity index (χ3n) is 4.36. The fourth-order valence-electron chi connectivity index (χ4n) is 2.95. The molecule has 7 nitrogen and oxygen atoms in total. The third kappa shape index (κ3) is 3.21. The molecule has 0 saturated carbocycles. The molecule has 2 rings (SSSR count). The number of aliphatic carboxylic acids is 1. The highest BCUT2D eigenvalue weighted by molar-refractivity contribution is 5.83. The maximum absolute atomic E-state index is 12.2. The maximum Gasteiger partial charge on any atom is 0.326 e. The molecule has 20 heavy (non-hydrogen) atoms. The van der Waals surface area contributed by atoms with Gasteiger partial charge in [-0.15, -0.1) is 0 Å². The van der Waals surface area contributed by atoms with Gasteiger partial charge in [-0.05, 0) is 26.8 Å². The lowest BCUT2D eigenvalue weighted by Crippen LogP contribution is -2.53. The second kappa shape index (κ2) is 5.97. The first-order chi connectivity index (χ1) is 9.38. The number of piperidine rings is 1. The Hall–Kier alpha value is -1.34. The summed E-state index contributed by atoms with van der Waals surface area (Å²) in [5.74, 6) is -1.06. The van der Waals surface area contributed by atoms with Crippen molar-refractivity contribution in [3.05, 3.63) is 0 Å². The summed E-state index contributed by atoms with van der Waals surface area (Å²) < 4.78 is 0. The smallest absolute Gasteiger partial charge is 0.326 e. The zero-order chi connectivity index (χ0) is 14.9. The molecule has 2 aliphatic rings. The standard InChI is InChI=1S/C13H23N3O4/c1-8-5-9(3-4-15(8)2)14-13(20)16-7-10(17)6-11(16)12(18)19/h8-11,17H,3-7H2,1-2H3,(H,14,20)(H,18,19)/t8?,9?,10-,11-/m0/s1. The fraction of sp³-hybridized carbons (Fsp3) is 0.846. The molecule has 2 heterocycles. The predicted molar refractivity (Wildman–Crippen MR) is 72.4 cm³/mol. The van der Waals surface area contributed by atoms with Crippen LogP contribution in [0.15, 0.2) is 0 Å². The highest BCUT2D eigenvalue weighted by atomic mass is 16.4. The summed E-state index contributed by atoms with van der Waals surface area (Å²) in [5.41, 5.74) is 0. The molecule has 2 aliphatic heterocycles. The Balaban J connectivity index is 1.92. The Morgan fingerprint density at radius 1 is 1.30 bits per heavy atom. The summed E-state index contributed by atoms with van der Waals surface area (Å²) in [5, 5.41) is 21.6. The Labute approximate surface area is 118 Å². The van der Waals surface area contributed by atoms with E-state index in [0.717, 1.165) is 19.4 Å². The van der Waals surface area contributed by atoms with Crippen molar-refractivity contribution in [2.75, 3.05) is 20.1 Å². The number of carboxylic acids is 1. The van der Waals surface area contributed by atoms with E-state index in [-0.39, 0.29) is 25.0 Å². The molecular weight excluding hydrogens is 262 g/mol. The minimum atomic E-state index is -1.06. The van der Waals surface area contributed by atoms with Gasteiger partial charge in [-0.1, -0.05) is 0 Å². The monoisotopic (exact) mass is 285 g/mol. The van der Waals surface area contributed by atoms with Crippen molar-refractivity contribution in [2.24, 2.45) is 0 Å². The van der Waals surface area contributed by atoms with E-state index in [9.17, 15) is 14.7 Å². The number of aliphatic hydroxyl groups is 1. The number of nitrogens with zero attached hydrogens (tertiary/aromatic N) is 2. The van der Waals surface area contributed by atoms with Crippen LogP contribution in [0, 0.1) is 0 Å². The van der Waals surface area contributed by atoms with Crippen LogP contribution in [0.25, 0.3) is 0 Å². The Morgan fingerprint density at radius 2 is 2.00 bits per heavy atom. The summed E-state index contributed by atoms with van der Waals surface area (Å²) in [6.07, 6.45) is 1.07. The van der Waals surface area contributed by atoms with Crippen LogP contribution >= 0.6 is 0 Å². The maximum atomic E-state index is 12.2. The molecule has 114 valence electrons. The number of carboxylic acid groups (broad SMARTS) is 1. The van der Waals surface area contributed by atoms with E-state index in [1.54, 1.807) is 0 Å². The topological polar surface area (TPSA) is 93.1 Å². The number of likely N-dealkylation sites (tertiary alicyclic amines) is 2.